The molecule has 20 heavy (non-hydrogen) atoms. The van der Waals surface area contributed by atoms with Gasteiger partial charge in [0.2, 0.25) is 11.0 Å². The Morgan fingerprint density at radius 3 is 2.90 bits per heavy atom. The fourth-order valence-corrected chi connectivity index (χ4v) is 2.58. The lowest BCUT2D eigenvalue weighted by Gasteiger charge is -2.16. The number of hydrogen-bond donors (Lipinski definition) is 1. The van der Waals surface area contributed by atoms with Gasteiger partial charge in [-0.05, 0) is 11.8 Å². The van der Waals surface area contributed by atoms with E-state index in [9.17, 15) is 0 Å². The van der Waals surface area contributed by atoms with Crippen molar-refractivity contribution >= 4 is 17.4 Å². The molecule has 1 aliphatic rings. The molecule has 2 heterocycles. The minimum atomic E-state index is -0.103. The van der Waals surface area contributed by atoms with Crippen LogP contribution < -0.4 is 10.1 Å². The van der Waals surface area contributed by atoms with Crippen molar-refractivity contribution < 1.29 is 4.74 Å². The number of para-hydroxylation sites is 1. The van der Waals surface area contributed by atoms with E-state index in [2.05, 4.69) is 34.3 Å². The van der Waals surface area contributed by atoms with Crippen LogP contribution in [-0.2, 0) is 0 Å². The van der Waals surface area contributed by atoms with Crippen LogP contribution in [0.2, 0.25) is 0 Å². The highest BCUT2D eigenvalue weighted by Gasteiger charge is 2.23. The Hall–Kier alpha value is -1.82. The van der Waals surface area contributed by atoms with Crippen molar-refractivity contribution in [3.05, 3.63) is 24.3 Å². The van der Waals surface area contributed by atoms with Crippen molar-refractivity contribution in [3.63, 3.8) is 0 Å². The lowest BCUT2D eigenvalue weighted by Crippen LogP contribution is -2.24. The lowest BCUT2D eigenvalue weighted by atomic mass is 10.1. The maximum atomic E-state index is 5.94. The molecule has 5 nitrogen and oxygen atoms in total. The van der Waals surface area contributed by atoms with Gasteiger partial charge in [-0.3, -0.25) is 0 Å². The van der Waals surface area contributed by atoms with Gasteiger partial charge in [-0.1, -0.05) is 43.8 Å². The van der Waals surface area contributed by atoms with E-state index in [4.69, 9.17) is 4.74 Å². The number of aromatic nitrogens is 3. The normalized spacial score (nSPS) is 16.4. The summed E-state index contributed by atoms with van der Waals surface area (Å²) in [6.07, 6.45) is 0.738. The molecular weight excluding hydrogens is 272 g/mol. The molecule has 1 atom stereocenters. The fourth-order valence-electron chi connectivity index (χ4n) is 2.08. The number of ether oxygens (including phenoxy) is 1. The first kappa shape index (κ1) is 13.2. The summed E-state index contributed by atoms with van der Waals surface area (Å²) in [5.74, 6) is 1.47. The first-order valence-corrected chi connectivity index (χ1v) is 7.70. The van der Waals surface area contributed by atoms with E-state index in [1.54, 1.807) is 11.8 Å². The summed E-state index contributed by atoms with van der Waals surface area (Å²) in [7, 11) is 0. The van der Waals surface area contributed by atoms with Gasteiger partial charge in [0, 0.05) is 17.7 Å². The van der Waals surface area contributed by atoms with Crippen molar-refractivity contribution in [2.45, 2.75) is 31.7 Å². The van der Waals surface area contributed by atoms with Gasteiger partial charge in [0.1, 0.15) is 0 Å². The average Bonchev–Trinajstić information content (AvgIpc) is 2.63. The number of anilines is 1. The highest BCUT2D eigenvalue weighted by atomic mass is 32.2. The van der Waals surface area contributed by atoms with Crippen LogP contribution in [0.5, 0.6) is 5.88 Å². The minimum absolute atomic E-state index is 0.103. The van der Waals surface area contributed by atoms with Crippen molar-refractivity contribution in [2.24, 2.45) is 0 Å². The maximum Gasteiger partial charge on any atom is 0.247 e. The zero-order valence-corrected chi connectivity index (χ0v) is 12.3. The Morgan fingerprint density at radius 2 is 2.10 bits per heavy atom. The molecule has 0 aliphatic carbocycles. The van der Waals surface area contributed by atoms with Crippen LogP contribution in [0.1, 0.15) is 20.3 Å². The number of nitrogens with one attached hydrogen (secondary N) is 1. The summed E-state index contributed by atoms with van der Waals surface area (Å²) in [6, 6.07) is 8.00. The van der Waals surface area contributed by atoms with Crippen LogP contribution in [-0.4, -0.2) is 27.2 Å². The highest BCUT2D eigenvalue weighted by Crippen LogP contribution is 2.36. The predicted octanol–water partition coefficient (Wildman–Crippen LogP) is 3.19. The minimum Gasteiger partial charge on any atom is -0.452 e. The molecule has 6 heteroatoms. The number of rotatable bonds is 3. The highest BCUT2D eigenvalue weighted by molar-refractivity contribution is 7.99. The van der Waals surface area contributed by atoms with Crippen LogP contribution >= 0.6 is 11.8 Å². The molecular formula is C14H16N4OS. The van der Waals surface area contributed by atoms with Gasteiger partial charge >= 0.3 is 0 Å². The Bertz CT molecular complexity index is 620. The number of fused-ring (bicyclic) bond motifs is 3. The molecule has 2 aromatic rings. The van der Waals surface area contributed by atoms with Crippen LogP contribution in [0.4, 0.5) is 5.69 Å². The van der Waals surface area contributed by atoms with Crippen molar-refractivity contribution in [3.8, 4) is 17.1 Å². The van der Waals surface area contributed by atoms with Gasteiger partial charge in [-0.15, -0.1) is 10.2 Å². The molecule has 1 unspecified atom stereocenters. The van der Waals surface area contributed by atoms with E-state index in [1.165, 1.54) is 0 Å². The summed E-state index contributed by atoms with van der Waals surface area (Å²) in [5.41, 5.74) is 2.68. The van der Waals surface area contributed by atoms with Crippen molar-refractivity contribution in [1.82, 2.24) is 15.2 Å². The van der Waals surface area contributed by atoms with E-state index in [0.717, 1.165) is 23.4 Å². The Balaban J connectivity index is 2.11. The summed E-state index contributed by atoms with van der Waals surface area (Å²) in [4.78, 5) is 4.49. The topological polar surface area (TPSA) is 59.9 Å². The first-order chi connectivity index (χ1) is 9.81. The summed E-state index contributed by atoms with van der Waals surface area (Å²) < 4.78 is 5.94. The van der Waals surface area contributed by atoms with Crippen LogP contribution in [0.25, 0.3) is 11.3 Å². The summed E-state index contributed by atoms with van der Waals surface area (Å²) >= 11 is 1.56. The van der Waals surface area contributed by atoms with Crippen LogP contribution in [0, 0.1) is 0 Å². The van der Waals surface area contributed by atoms with Crippen LogP contribution in [0.15, 0.2) is 29.4 Å². The second-order valence-electron chi connectivity index (χ2n) is 4.39. The second kappa shape index (κ2) is 5.66. The zero-order valence-electron chi connectivity index (χ0n) is 11.5. The average molecular weight is 288 g/mol. The largest absolute Gasteiger partial charge is 0.452 e. The van der Waals surface area contributed by atoms with Gasteiger partial charge in [-0.2, -0.15) is 4.98 Å². The van der Waals surface area contributed by atoms with Gasteiger partial charge in [0.15, 0.2) is 11.9 Å². The fraction of sp³-hybridized carbons (Fsp3) is 0.357. The van der Waals surface area contributed by atoms with Gasteiger partial charge in [0.05, 0.1) is 0 Å². The molecule has 1 aromatic carbocycles. The van der Waals surface area contributed by atoms with Gasteiger partial charge in [0.25, 0.3) is 0 Å². The number of hydrogen-bond acceptors (Lipinski definition) is 6. The monoisotopic (exact) mass is 288 g/mol. The smallest absolute Gasteiger partial charge is 0.247 e. The van der Waals surface area contributed by atoms with E-state index in [-0.39, 0.29) is 6.23 Å². The lowest BCUT2D eigenvalue weighted by molar-refractivity contribution is 0.216. The molecule has 0 amide bonds. The Morgan fingerprint density at radius 1 is 1.25 bits per heavy atom. The third-order valence-corrected chi connectivity index (χ3v) is 3.75. The van der Waals surface area contributed by atoms with Gasteiger partial charge in [-0.25, -0.2) is 0 Å². The van der Waals surface area contributed by atoms with E-state index in [0.29, 0.717) is 16.7 Å². The first-order valence-electron chi connectivity index (χ1n) is 6.72. The molecule has 0 saturated heterocycles. The molecule has 0 spiro atoms. The van der Waals surface area contributed by atoms with E-state index >= 15 is 0 Å². The third kappa shape index (κ3) is 2.43. The summed E-state index contributed by atoms with van der Waals surface area (Å²) in [5, 5.41) is 12.5. The van der Waals surface area contributed by atoms with E-state index < -0.39 is 0 Å². The number of benzene rings is 1. The second-order valence-corrected chi connectivity index (χ2v) is 5.62. The van der Waals surface area contributed by atoms with Crippen molar-refractivity contribution in [2.75, 3.05) is 11.1 Å². The number of thioether (sulfide) groups is 1. The molecule has 1 N–H and O–H groups in total. The molecule has 0 fully saturated rings. The molecule has 3 rings (SSSR count). The van der Waals surface area contributed by atoms with E-state index in [1.807, 2.05) is 24.3 Å². The molecule has 1 aliphatic heterocycles. The Kier molecular flexibility index (Phi) is 3.73. The predicted molar refractivity (Wildman–Crippen MR) is 80.0 cm³/mol. The molecule has 1 aromatic heterocycles. The molecule has 0 bridgehead atoms. The zero-order chi connectivity index (χ0) is 13.9. The maximum absolute atomic E-state index is 5.94. The Labute approximate surface area is 122 Å². The third-order valence-electron chi connectivity index (χ3n) is 3.03. The molecule has 104 valence electrons. The molecule has 0 radical (unpaired) electrons. The molecule has 0 saturated carbocycles. The number of nitrogens with zero attached hydrogens (tertiary/aromatic N) is 3. The SMILES string of the molecule is CCSc1nnc2c(n1)OC(CC)Nc1ccccc1-2. The van der Waals surface area contributed by atoms with Gasteiger partial charge < -0.3 is 10.1 Å². The van der Waals surface area contributed by atoms with Crippen molar-refractivity contribution in [1.29, 1.82) is 0 Å². The standard InChI is InChI=1S/C14H16N4OS/c1-3-11-15-10-8-6-5-7-9(10)12-13(19-11)16-14(18-17-12)20-4-2/h5-8,11,15H,3-4H2,1-2H3. The quantitative estimate of drug-likeness (QED) is 0.875. The van der Waals surface area contributed by atoms with Crippen LogP contribution in [0.3, 0.4) is 0 Å². The summed E-state index contributed by atoms with van der Waals surface area (Å²) in [6.45, 7) is 4.13.